The molecule has 6 heteroatoms. The lowest BCUT2D eigenvalue weighted by Gasteiger charge is -2.17. The van der Waals surface area contributed by atoms with E-state index in [0.717, 1.165) is 38.9 Å². The van der Waals surface area contributed by atoms with Gasteiger partial charge in [0.05, 0.1) is 4.92 Å². The number of rotatable bonds is 10. The summed E-state index contributed by atoms with van der Waals surface area (Å²) in [5.74, 6) is -0.182. The maximum absolute atomic E-state index is 11.9. The molecule has 6 nitrogen and oxygen atoms in total. The Balaban J connectivity index is 2.22. The predicted molar refractivity (Wildman–Crippen MR) is 87.1 cm³/mol. The first-order chi connectivity index (χ1) is 10.6. The summed E-state index contributed by atoms with van der Waals surface area (Å²) in [7, 11) is 0. The molecular weight excluding hydrogens is 282 g/mol. The molecule has 0 aliphatic rings. The summed E-state index contributed by atoms with van der Waals surface area (Å²) in [4.78, 5) is 24.3. The Morgan fingerprint density at radius 3 is 2.32 bits per heavy atom. The van der Waals surface area contributed by atoms with Gasteiger partial charge in [0.2, 0.25) is 0 Å². The molecule has 0 aliphatic heterocycles. The van der Waals surface area contributed by atoms with Crippen molar-refractivity contribution >= 4 is 11.6 Å². The minimum Gasteiger partial charge on any atom is -0.352 e. The average Bonchev–Trinajstić information content (AvgIpc) is 2.54. The SMILES string of the molecule is CCN(CC)CCCCCNC(=O)c1ccc([N+](=O)[O-])cc1. The summed E-state index contributed by atoms with van der Waals surface area (Å²) < 4.78 is 0. The second kappa shape index (κ2) is 9.89. The summed E-state index contributed by atoms with van der Waals surface area (Å²) in [6.07, 6.45) is 3.16. The van der Waals surface area contributed by atoms with Crippen molar-refractivity contribution in [1.82, 2.24) is 10.2 Å². The van der Waals surface area contributed by atoms with Gasteiger partial charge in [-0.05, 0) is 44.6 Å². The summed E-state index contributed by atoms with van der Waals surface area (Å²) >= 11 is 0. The van der Waals surface area contributed by atoms with Crippen molar-refractivity contribution in [3.05, 3.63) is 39.9 Å². The lowest BCUT2D eigenvalue weighted by atomic mass is 10.2. The number of nitrogens with one attached hydrogen (secondary N) is 1. The third kappa shape index (κ3) is 6.22. The van der Waals surface area contributed by atoms with Gasteiger partial charge in [-0.2, -0.15) is 0 Å². The van der Waals surface area contributed by atoms with E-state index in [1.807, 2.05) is 0 Å². The van der Waals surface area contributed by atoms with Crippen LogP contribution in [0.1, 0.15) is 43.5 Å². The van der Waals surface area contributed by atoms with Crippen LogP contribution in [0.4, 0.5) is 5.69 Å². The molecule has 0 aliphatic carbocycles. The van der Waals surface area contributed by atoms with Gasteiger partial charge >= 0.3 is 0 Å². The molecule has 0 bridgehead atoms. The number of carbonyl (C=O) groups is 1. The van der Waals surface area contributed by atoms with Gasteiger partial charge in [-0.25, -0.2) is 0 Å². The number of carbonyl (C=O) groups excluding carboxylic acids is 1. The van der Waals surface area contributed by atoms with Crippen LogP contribution in [0.3, 0.4) is 0 Å². The zero-order valence-electron chi connectivity index (χ0n) is 13.4. The number of benzene rings is 1. The van der Waals surface area contributed by atoms with E-state index in [0.29, 0.717) is 12.1 Å². The quantitative estimate of drug-likeness (QED) is 0.410. The van der Waals surface area contributed by atoms with Crippen LogP contribution in [0.2, 0.25) is 0 Å². The zero-order chi connectivity index (χ0) is 16.4. The number of nitrogens with zero attached hydrogens (tertiary/aromatic N) is 2. The van der Waals surface area contributed by atoms with Crippen LogP contribution < -0.4 is 5.32 Å². The van der Waals surface area contributed by atoms with Crippen LogP contribution in [0.5, 0.6) is 0 Å². The molecule has 0 saturated carbocycles. The van der Waals surface area contributed by atoms with Crippen molar-refractivity contribution in [2.24, 2.45) is 0 Å². The Labute approximate surface area is 131 Å². The van der Waals surface area contributed by atoms with Crippen LogP contribution in [-0.2, 0) is 0 Å². The van der Waals surface area contributed by atoms with Gasteiger partial charge in [0.15, 0.2) is 0 Å². The molecule has 0 aromatic heterocycles. The van der Waals surface area contributed by atoms with Gasteiger partial charge in [0.1, 0.15) is 0 Å². The van der Waals surface area contributed by atoms with Crippen molar-refractivity contribution in [3.63, 3.8) is 0 Å². The number of hydrogen-bond acceptors (Lipinski definition) is 4. The molecule has 1 rings (SSSR count). The third-order valence-corrected chi connectivity index (χ3v) is 3.67. The molecule has 1 aromatic rings. The van der Waals surface area contributed by atoms with Crippen molar-refractivity contribution in [3.8, 4) is 0 Å². The van der Waals surface area contributed by atoms with Crippen molar-refractivity contribution in [2.45, 2.75) is 33.1 Å². The molecule has 1 amide bonds. The maximum Gasteiger partial charge on any atom is 0.269 e. The highest BCUT2D eigenvalue weighted by atomic mass is 16.6. The number of non-ortho nitro benzene ring substituents is 1. The average molecular weight is 307 g/mol. The van der Waals surface area contributed by atoms with Crippen LogP contribution in [0, 0.1) is 10.1 Å². The smallest absolute Gasteiger partial charge is 0.269 e. The molecule has 0 spiro atoms. The van der Waals surface area contributed by atoms with Crippen LogP contribution in [0.15, 0.2) is 24.3 Å². The molecular formula is C16H25N3O3. The number of hydrogen-bond donors (Lipinski definition) is 1. The van der Waals surface area contributed by atoms with Gasteiger partial charge < -0.3 is 10.2 Å². The number of amides is 1. The maximum atomic E-state index is 11.9. The van der Waals surface area contributed by atoms with Crippen LogP contribution in [-0.4, -0.2) is 41.9 Å². The lowest BCUT2D eigenvalue weighted by molar-refractivity contribution is -0.384. The van der Waals surface area contributed by atoms with Gasteiger partial charge in [0, 0.05) is 24.2 Å². The molecule has 122 valence electrons. The zero-order valence-corrected chi connectivity index (χ0v) is 13.4. The summed E-state index contributed by atoms with van der Waals surface area (Å²) in [6, 6.07) is 5.65. The topological polar surface area (TPSA) is 75.5 Å². The first kappa shape index (κ1) is 18.1. The van der Waals surface area contributed by atoms with Gasteiger partial charge in [0.25, 0.3) is 11.6 Å². The van der Waals surface area contributed by atoms with Crippen molar-refractivity contribution in [1.29, 1.82) is 0 Å². The van der Waals surface area contributed by atoms with E-state index in [-0.39, 0.29) is 11.6 Å². The molecule has 0 heterocycles. The first-order valence-corrected chi connectivity index (χ1v) is 7.83. The normalized spacial score (nSPS) is 10.7. The number of nitro benzene ring substituents is 1. The highest BCUT2D eigenvalue weighted by molar-refractivity contribution is 5.94. The molecule has 0 atom stereocenters. The number of nitro groups is 1. The standard InChI is InChI=1S/C16H25N3O3/c1-3-18(4-2)13-7-5-6-12-17-16(20)14-8-10-15(11-9-14)19(21)22/h8-11H,3-7,12-13H2,1-2H3,(H,17,20). The predicted octanol–water partition coefficient (Wildman–Crippen LogP) is 2.84. The summed E-state index contributed by atoms with van der Waals surface area (Å²) in [5, 5.41) is 13.4. The Bertz CT molecular complexity index is 470. The van der Waals surface area contributed by atoms with Gasteiger partial charge in [-0.1, -0.05) is 20.3 Å². The Morgan fingerprint density at radius 1 is 1.14 bits per heavy atom. The van der Waals surface area contributed by atoms with Crippen LogP contribution in [0.25, 0.3) is 0 Å². The minimum atomic E-state index is -0.475. The fraction of sp³-hybridized carbons (Fsp3) is 0.562. The highest BCUT2D eigenvalue weighted by Crippen LogP contribution is 2.11. The Kier molecular flexibility index (Phi) is 8.14. The van der Waals surface area contributed by atoms with E-state index in [1.54, 1.807) is 0 Å². The minimum absolute atomic E-state index is 0.00653. The molecule has 0 radical (unpaired) electrons. The Hall–Kier alpha value is -1.95. The molecule has 22 heavy (non-hydrogen) atoms. The number of unbranched alkanes of at least 4 members (excludes halogenated alkanes) is 2. The second-order valence-corrected chi connectivity index (χ2v) is 5.15. The molecule has 0 fully saturated rings. The summed E-state index contributed by atoms with van der Waals surface area (Å²) in [5.41, 5.74) is 0.446. The van der Waals surface area contributed by atoms with E-state index in [9.17, 15) is 14.9 Å². The summed E-state index contributed by atoms with van der Waals surface area (Å²) in [6.45, 7) is 8.21. The van der Waals surface area contributed by atoms with Gasteiger partial charge in [-0.15, -0.1) is 0 Å². The van der Waals surface area contributed by atoms with E-state index in [2.05, 4.69) is 24.1 Å². The Morgan fingerprint density at radius 2 is 1.77 bits per heavy atom. The third-order valence-electron chi connectivity index (χ3n) is 3.67. The van der Waals surface area contributed by atoms with Gasteiger partial charge in [-0.3, -0.25) is 14.9 Å². The van der Waals surface area contributed by atoms with E-state index in [4.69, 9.17) is 0 Å². The molecule has 0 saturated heterocycles. The lowest BCUT2D eigenvalue weighted by Crippen LogP contribution is -2.25. The van der Waals surface area contributed by atoms with Crippen LogP contribution >= 0.6 is 0 Å². The van der Waals surface area contributed by atoms with E-state index in [1.165, 1.54) is 24.3 Å². The fourth-order valence-corrected chi connectivity index (χ4v) is 2.22. The fourth-order valence-electron chi connectivity index (χ4n) is 2.22. The first-order valence-electron chi connectivity index (χ1n) is 7.83. The monoisotopic (exact) mass is 307 g/mol. The van der Waals surface area contributed by atoms with E-state index < -0.39 is 4.92 Å². The largest absolute Gasteiger partial charge is 0.352 e. The molecule has 1 N–H and O–H groups in total. The molecule has 1 aromatic carbocycles. The van der Waals surface area contributed by atoms with Crippen molar-refractivity contribution in [2.75, 3.05) is 26.2 Å². The van der Waals surface area contributed by atoms with E-state index >= 15 is 0 Å². The second-order valence-electron chi connectivity index (χ2n) is 5.15. The highest BCUT2D eigenvalue weighted by Gasteiger charge is 2.08. The molecule has 0 unspecified atom stereocenters. The van der Waals surface area contributed by atoms with Crippen molar-refractivity contribution < 1.29 is 9.72 Å².